The number of carbonyl (C=O) groups is 1. The van der Waals surface area contributed by atoms with Gasteiger partial charge in [0.05, 0.1) is 25.6 Å². The van der Waals surface area contributed by atoms with Gasteiger partial charge < -0.3 is 10.1 Å². The van der Waals surface area contributed by atoms with Gasteiger partial charge in [0.15, 0.2) is 0 Å². The molecule has 0 spiro atoms. The van der Waals surface area contributed by atoms with E-state index in [-0.39, 0.29) is 12.5 Å². The minimum Gasteiger partial charge on any atom is -0.497 e. The van der Waals surface area contributed by atoms with Crippen LogP contribution in [0.3, 0.4) is 0 Å². The molecule has 8 heteroatoms. The van der Waals surface area contributed by atoms with E-state index in [2.05, 4.69) is 5.32 Å². The molecule has 3 rings (SSSR count). The second-order valence-electron chi connectivity index (χ2n) is 6.94. The van der Waals surface area contributed by atoms with E-state index < -0.39 is 10.0 Å². The third kappa shape index (κ3) is 5.99. The van der Waals surface area contributed by atoms with Gasteiger partial charge in [-0.3, -0.25) is 9.10 Å². The van der Waals surface area contributed by atoms with Crippen LogP contribution in [-0.2, 0) is 23.1 Å². The van der Waals surface area contributed by atoms with Gasteiger partial charge >= 0.3 is 0 Å². The van der Waals surface area contributed by atoms with Gasteiger partial charge in [0, 0.05) is 17.1 Å². The van der Waals surface area contributed by atoms with Crippen LogP contribution in [-0.4, -0.2) is 27.7 Å². The molecule has 162 valence electrons. The van der Waals surface area contributed by atoms with Crippen molar-refractivity contribution in [2.24, 2.45) is 0 Å². The summed E-state index contributed by atoms with van der Waals surface area (Å²) >= 11 is 6.19. The summed E-state index contributed by atoms with van der Waals surface area (Å²) in [5.74, 6) is 0.497. The topological polar surface area (TPSA) is 75.7 Å². The number of benzene rings is 3. The van der Waals surface area contributed by atoms with Gasteiger partial charge in [0.2, 0.25) is 10.0 Å². The van der Waals surface area contributed by atoms with Crippen LogP contribution >= 0.6 is 11.6 Å². The molecule has 0 aromatic heterocycles. The molecule has 0 saturated carbocycles. The van der Waals surface area contributed by atoms with Crippen LogP contribution in [0.25, 0.3) is 0 Å². The molecule has 3 aromatic carbocycles. The first-order valence-electron chi connectivity index (χ1n) is 9.50. The van der Waals surface area contributed by atoms with Gasteiger partial charge in [-0.1, -0.05) is 41.9 Å². The van der Waals surface area contributed by atoms with E-state index >= 15 is 0 Å². The lowest BCUT2D eigenvalue weighted by Gasteiger charge is -2.23. The van der Waals surface area contributed by atoms with Crippen LogP contribution in [0.2, 0.25) is 5.02 Å². The molecule has 0 saturated heterocycles. The minimum atomic E-state index is -3.55. The summed E-state index contributed by atoms with van der Waals surface area (Å²) in [6.45, 7) is 0.466. The van der Waals surface area contributed by atoms with Crippen molar-refractivity contribution < 1.29 is 17.9 Å². The highest BCUT2D eigenvalue weighted by molar-refractivity contribution is 7.92. The normalized spacial score (nSPS) is 11.1. The Balaban J connectivity index is 1.71. The van der Waals surface area contributed by atoms with Crippen molar-refractivity contribution in [1.29, 1.82) is 0 Å². The quantitative estimate of drug-likeness (QED) is 0.547. The van der Waals surface area contributed by atoms with Gasteiger partial charge in [-0.25, -0.2) is 8.42 Å². The number of nitrogens with zero attached hydrogens (tertiary/aromatic N) is 1. The van der Waals surface area contributed by atoms with Crippen molar-refractivity contribution in [2.75, 3.05) is 17.7 Å². The summed E-state index contributed by atoms with van der Waals surface area (Å²) in [7, 11) is -1.96. The second-order valence-corrected chi connectivity index (χ2v) is 9.25. The second kappa shape index (κ2) is 9.85. The number of halogens is 1. The van der Waals surface area contributed by atoms with Crippen molar-refractivity contribution in [2.45, 2.75) is 13.1 Å². The Bertz CT molecular complexity index is 1150. The number of anilines is 1. The van der Waals surface area contributed by atoms with Crippen molar-refractivity contribution in [1.82, 2.24) is 5.32 Å². The minimum absolute atomic E-state index is 0.0987. The Kier molecular flexibility index (Phi) is 7.20. The first kappa shape index (κ1) is 22.7. The molecule has 6 nitrogen and oxygen atoms in total. The molecule has 0 aliphatic heterocycles. The Morgan fingerprint density at radius 1 is 1.00 bits per heavy atom. The fourth-order valence-corrected chi connectivity index (χ4v) is 4.06. The Morgan fingerprint density at radius 2 is 1.65 bits per heavy atom. The number of methoxy groups -OCH3 is 1. The highest BCUT2D eigenvalue weighted by Crippen LogP contribution is 2.24. The van der Waals surface area contributed by atoms with Crippen LogP contribution in [0.4, 0.5) is 5.69 Å². The zero-order valence-electron chi connectivity index (χ0n) is 17.2. The number of sulfonamides is 1. The fraction of sp³-hybridized carbons (Fsp3) is 0.174. The fourth-order valence-electron chi connectivity index (χ4n) is 2.99. The van der Waals surface area contributed by atoms with E-state index in [4.69, 9.17) is 16.3 Å². The zero-order chi connectivity index (χ0) is 22.4. The van der Waals surface area contributed by atoms with Crippen LogP contribution in [0.1, 0.15) is 21.5 Å². The third-order valence-corrected chi connectivity index (χ3v) is 6.21. The summed E-state index contributed by atoms with van der Waals surface area (Å²) in [6, 6.07) is 20.9. The molecule has 0 unspecified atom stereocenters. The molecule has 1 amide bonds. The van der Waals surface area contributed by atoms with Crippen molar-refractivity contribution in [3.63, 3.8) is 0 Å². The van der Waals surface area contributed by atoms with Crippen molar-refractivity contribution >= 4 is 33.2 Å². The molecule has 0 aliphatic rings. The first-order valence-corrected chi connectivity index (χ1v) is 11.7. The molecule has 1 N–H and O–H groups in total. The van der Waals surface area contributed by atoms with E-state index in [1.165, 1.54) is 4.31 Å². The van der Waals surface area contributed by atoms with Crippen LogP contribution in [0, 0.1) is 0 Å². The third-order valence-electron chi connectivity index (χ3n) is 4.70. The number of ether oxygens (including phenoxy) is 1. The molecular formula is C23H23ClN2O4S. The lowest BCUT2D eigenvalue weighted by atomic mass is 10.1. The zero-order valence-corrected chi connectivity index (χ0v) is 18.8. The van der Waals surface area contributed by atoms with E-state index in [1.54, 1.807) is 55.6 Å². The van der Waals surface area contributed by atoms with Crippen LogP contribution in [0.5, 0.6) is 5.75 Å². The molecule has 0 bridgehead atoms. The number of nitrogens with one attached hydrogen (secondary N) is 1. The van der Waals surface area contributed by atoms with Gasteiger partial charge in [-0.2, -0.15) is 0 Å². The lowest BCUT2D eigenvalue weighted by Crippen LogP contribution is -2.29. The number of rotatable bonds is 8. The SMILES string of the molecule is COc1ccc(CNC(=O)c2ccc(N(Cc3ccccc3Cl)S(C)(=O)=O)cc2)cc1. The standard InChI is InChI=1S/C23H23ClN2O4S/c1-30-21-13-7-17(8-14-21)15-25-23(27)18-9-11-20(12-10-18)26(31(2,28)29)16-19-5-3-4-6-22(19)24/h3-14H,15-16H2,1-2H3,(H,25,27). The Labute approximate surface area is 187 Å². The summed E-state index contributed by atoms with van der Waals surface area (Å²) in [6.07, 6.45) is 1.14. The largest absolute Gasteiger partial charge is 0.497 e. The van der Waals surface area contributed by atoms with Gasteiger partial charge in [0.1, 0.15) is 5.75 Å². The molecular weight excluding hydrogens is 436 g/mol. The Hall–Kier alpha value is -3.03. The average Bonchev–Trinajstić information content (AvgIpc) is 2.76. The predicted octanol–water partition coefficient (Wildman–Crippen LogP) is 4.24. The summed E-state index contributed by atoms with van der Waals surface area (Å²) in [4.78, 5) is 12.5. The van der Waals surface area contributed by atoms with Crippen molar-refractivity contribution in [3.05, 3.63) is 94.5 Å². The molecule has 0 fully saturated rings. The highest BCUT2D eigenvalue weighted by Gasteiger charge is 2.19. The molecule has 31 heavy (non-hydrogen) atoms. The summed E-state index contributed by atoms with van der Waals surface area (Å²) in [5, 5.41) is 3.34. The first-order chi connectivity index (χ1) is 14.8. The van der Waals surface area contributed by atoms with E-state index in [0.717, 1.165) is 17.6 Å². The maximum atomic E-state index is 12.5. The van der Waals surface area contributed by atoms with Gasteiger partial charge in [-0.05, 0) is 53.6 Å². The Morgan fingerprint density at radius 3 is 2.23 bits per heavy atom. The maximum absolute atomic E-state index is 12.5. The monoisotopic (exact) mass is 458 g/mol. The van der Waals surface area contributed by atoms with Gasteiger partial charge in [0.25, 0.3) is 5.91 Å². The van der Waals surface area contributed by atoms with Crippen molar-refractivity contribution in [3.8, 4) is 5.75 Å². The number of hydrogen-bond acceptors (Lipinski definition) is 4. The summed E-state index contributed by atoms with van der Waals surface area (Å²) < 4.78 is 31.1. The molecule has 3 aromatic rings. The number of carbonyl (C=O) groups excluding carboxylic acids is 1. The molecule has 0 aliphatic carbocycles. The predicted molar refractivity (Wildman–Crippen MR) is 123 cm³/mol. The molecule has 0 atom stereocenters. The molecule has 0 radical (unpaired) electrons. The molecule has 0 heterocycles. The number of amides is 1. The van der Waals surface area contributed by atoms with Crippen LogP contribution < -0.4 is 14.4 Å². The lowest BCUT2D eigenvalue weighted by molar-refractivity contribution is 0.0951. The van der Waals surface area contributed by atoms with Gasteiger partial charge in [-0.15, -0.1) is 0 Å². The van der Waals surface area contributed by atoms with E-state index in [1.807, 2.05) is 24.3 Å². The highest BCUT2D eigenvalue weighted by atomic mass is 35.5. The smallest absolute Gasteiger partial charge is 0.251 e. The average molecular weight is 459 g/mol. The number of hydrogen-bond donors (Lipinski definition) is 1. The van der Waals surface area contributed by atoms with E-state index in [9.17, 15) is 13.2 Å². The van der Waals surface area contributed by atoms with Crippen LogP contribution in [0.15, 0.2) is 72.8 Å². The summed E-state index contributed by atoms with van der Waals surface area (Å²) in [5.41, 5.74) is 2.52. The maximum Gasteiger partial charge on any atom is 0.251 e. The van der Waals surface area contributed by atoms with E-state index in [0.29, 0.717) is 28.4 Å².